The van der Waals surface area contributed by atoms with Gasteiger partial charge in [-0.25, -0.2) is 0 Å². The molecule has 4 nitrogen and oxygen atoms in total. The number of carbonyl (C=O) groups excluding carboxylic acids is 2. The number of hydrogen-bond donors (Lipinski definition) is 0. The van der Waals surface area contributed by atoms with E-state index in [1.54, 1.807) is 0 Å². The summed E-state index contributed by atoms with van der Waals surface area (Å²) in [7, 11) is 1.25. The summed E-state index contributed by atoms with van der Waals surface area (Å²) in [5, 5.41) is 0. The van der Waals surface area contributed by atoms with E-state index in [0.29, 0.717) is 5.69 Å². The second kappa shape index (κ2) is 5.97. The van der Waals surface area contributed by atoms with Gasteiger partial charge in [0.1, 0.15) is 0 Å². The predicted octanol–water partition coefficient (Wildman–Crippen LogP) is 2.82. The number of nitrogens with zero attached hydrogens (tertiary/aromatic N) is 1. The highest BCUT2D eigenvalue weighted by molar-refractivity contribution is 8.00. The number of alkyl halides is 3. The molecule has 2 rings (SSSR count). The molecule has 1 aromatic carbocycles. The normalized spacial score (nSPS) is 19.0. The van der Waals surface area contributed by atoms with Crippen molar-refractivity contribution in [3.8, 4) is 0 Å². The van der Waals surface area contributed by atoms with E-state index in [9.17, 15) is 22.8 Å². The van der Waals surface area contributed by atoms with Crippen molar-refractivity contribution in [1.29, 1.82) is 0 Å². The van der Waals surface area contributed by atoms with E-state index < -0.39 is 17.4 Å². The van der Waals surface area contributed by atoms with E-state index in [2.05, 4.69) is 4.74 Å². The molecule has 1 unspecified atom stereocenters. The van der Waals surface area contributed by atoms with Crippen LogP contribution in [0.2, 0.25) is 0 Å². The van der Waals surface area contributed by atoms with Gasteiger partial charge in [-0.1, -0.05) is 0 Å². The number of benzene rings is 1. The van der Waals surface area contributed by atoms with Gasteiger partial charge in [0.05, 0.1) is 13.0 Å². The lowest BCUT2D eigenvalue weighted by molar-refractivity contribution is -0.145. The molecule has 0 saturated carbocycles. The second-order valence-corrected chi connectivity index (χ2v) is 5.61. The number of ether oxygens (including phenoxy) is 1. The zero-order chi connectivity index (χ0) is 15.6. The fraction of sp³-hybridized carbons (Fsp3) is 0.385. The molecule has 0 spiro atoms. The third kappa shape index (κ3) is 3.90. The molecular formula is C13H12F3NO3S. The van der Waals surface area contributed by atoms with Gasteiger partial charge in [0.2, 0.25) is 5.91 Å². The van der Waals surface area contributed by atoms with Gasteiger partial charge in [-0.3, -0.25) is 9.59 Å². The molecule has 0 bridgehead atoms. The van der Waals surface area contributed by atoms with E-state index in [-0.39, 0.29) is 35.5 Å². The van der Waals surface area contributed by atoms with E-state index in [0.717, 1.165) is 0 Å². The Hall–Kier alpha value is -1.70. The lowest BCUT2D eigenvalue weighted by atomic mass is 10.1. The van der Waals surface area contributed by atoms with Gasteiger partial charge in [0.25, 0.3) is 0 Å². The Kier molecular flexibility index (Phi) is 4.46. The highest BCUT2D eigenvalue weighted by Crippen LogP contribution is 2.37. The number of methoxy groups -OCH3 is 1. The van der Waals surface area contributed by atoms with Crippen molar-refractivity contribution in [2.75, 3.05) is 18.6 Å². The zero-order valence-electron chi connectivity index (χ0n) is 11.0. The monoisotopic (exact) mass is 319 g/mol. The Morgan fingerprint density at radius 3 is 2.48 bits per heavy atom. The number of halogens is 3. The number of thioether (sulfide) groups is 1. The maximum absolute atomic E-state index is 12.2. The van der Waals surface area contributed by atoms with Crippen LogP contribution in [0.4, 0.5) is 18.9 Å². The zero-order valence-corrected chi connectivity index (χ0v) is 11.8. The first kappa shape index (κ1) is 15.7. The third-order valence-electron chi connectivity index (χ3n) is 3.04. The van der Waals surface area contributed by atoms with Gasteiger partial charge in [0.15, 0.2) is 0 Å². The SMILES string of the molecule is COC(=O)C1CC(=O)N(c2ccc(SC(F)(F)F)cc2)C1. The standard InChI is InChI=1S/C13H12F3NO3S/c1-20-12(19)8-6-11(18)17(7-8)9-2-4-10(5-3-9)21-13(14,15)16/h2-5,8H,6-7H2,1H3. The molecule has 21 heavy (non-hydrogen) atoms. The van der Waals surface area contributed by atoms with Crippen molar-refractivity contribution in [3.63, 3.8) is 0 Å². The highest BCUT2D eigenvalue weighted by atomic mass is 32.2. The van der Waals surface area contributed by atoms with Crippen LogP contribution >= 0.6 is 11.8 Å². The third-order valence-corrected chi connectivity index (χ3v) is 3.78. The lowest BCUT2D eigenvalue weighted by Crippen LogP contribution is -2.26. The molecule has 1 saturated heterocycles. The van der Waals surface area contributed by atoms with E-state index in [1.807, 2.05) is 0 Å². The number of amides is 1. The van der Waals surface area contributed by atoms with Crippen LogP contribution < -0.4 is 4.90 Å². The van der Waals surface area contributed by atoms with Crippen LogP contribution in [-0.2, 0) is 14.3 Å². The maximum Gasteiger partial charge on any atom is 0.446 e. The molecule has 1 aliphatic rings. The summed E-state index contributed by atoms with van der Waals surface area (Å²) >= 11 is -0.216. The number of carbonyl (C=O) groups is 2. The number of esters is 1. The Balaban J connectivity index is 2.09. The molecule has 0 N–H and O–H groups in total. The van der Waals surface area contributed by atoms with E-state index in [4.69, 9.17) is 0 Å². The molecule has 1 aromatic rings. The van der Waals surface area contributed by atoms with Crippen molar-refractivity contribution in [1.82, 2.24) is 0 Å². The fourth-order valence-electron chi connectivity index (χ4n) is 2.11. The van der Waals surface area contributed by atoms with Crippen LogP contribution in [0.5, 0.6) is 0 Å². The fourth-order valence-corrected chi connectivity index (χ4v) is 2.65. The number of anilines is 1. The van der Waals surface area contributed by atoms with Crippen LogP contribution in [0.3, 0.4) is 0 Å². The summed E-state index contributed by atoms with van der Waals surface area (Å²) in [6.45, 7) is 0.178. The maximum atomic E-state index is 12.2. The topological polar surface area (TPSA) is 46.6 Å². The summed E-state index contributed by atoms with van der Waals surface area (Å²) in [5.74, 6) is -1.25. The first-order chi connectivity index (χ1) is 9.80. The quantitative estimate of drug-likeness (QED) is 0.635. The molecule has 1 amide bonds. The van der Waals surface area contributed by atoms with E-state index >= 15 is 0 Å². The molecule has 0 radical (unpaired) electrons. The minimum Gasteiger partial charge on any atom is -0.469 e. The lowest BCUT2D eigenvalue weighted by Gasteiger charge is -2.17. The van der Waals surface area contributed by atoms with Crippen molar-refractivity contribution in [2.24, 2.45) is 5.92 Å². The molecule has 1 atom stereocenters. The molecule has 0 aromatic heterocycles. The van der Waals surface area contributed by atoms with Crippen LogP contribution in [0.25, 0.3) is 0 Å². The first-order valence-electron chi connectivity index (χ1n) is 6.04. The minimum atomic E-state index is -4.35. The van der Waals surface area contributed by atoms with Crippen LogP contribution in [-0.4, -0.2) is 31.0 Å². The van der Waals surface area contributed by atoms with Gasteiger partial charge in [-0.15, -0.1) is 0 Å². The van der Waals surface area contributed by atoms with E-state index in [1.165, 1.54) is 36.3 Å². The van der Waals surface area contributed by atoms with Gasteiger partial charge in [-0.2, -0.15) is 13.2 Å². The summed E-state index contributed by atoms with van der Waals surface area (Å²) in [6, 6.07) is 5.47. The molecule has 1 fully saturated rings. The van der Waals surface area contributed by atoms with Crippen LogP contribution in [0.15, 0.2) is 29.2 Å². The highest BCUT2D eigenvalue weighted by Gasteiger charge is 2.36. The molecule has 1 aliphatic heterocycles. The summed E-state index contributed by atoms with van der Waals surface area (Å²) in [5.41, 5.74) is -3.88. The van der Waals surface area contributed by atoms with Crippen molar-refractivity contribution < 1.29 is 27.5 Å². The molecular weight excluding hydrogens is 307 g/mol. The Labute approximate surface area is 123 Å². The van der Waals surface area contributed by atoms with Crippen LogP contribution in [0.1, 0.15) is 6.42 Å². The molecule has 114 valence electrons. The van der Waals surface area contributed by atoms with Gasteiger partial charge >= 0.3 is 11.5 Å². The van der Waals surface area contributed by atoms with Gasteiger partial charge in [-0.05, 0) is 36.0 Å². The second-order valence-electron chi connectivity index (χ2n) is 4.47. The predicted molar refractivity (Wildman–Crippen MR) is 70.8 cm³/mol. The van der Waals surface area contributed by atoms with Crippen molar-refractivity contribution in [3.05, 3.63) is 24.3 Å². The first-order valence-corrected chi connectivity index (χ1v) is 6.86. The average molecular weight is 319 g/mol. The number of hydrogen-bond acceptors (Lipinski definition) is 4. The van der Waals surface area contributed by atoms with Crippen LogP contribution in [0, 0.1) is 5.92 Å². The molecule has 0 aliphatic carbocycles. The number of rotatable bonds is 3. The largest absolute Gasteiger partial charge is 0.469 e. The summed E-state index contributed by atoms with van der Waals surface area (Å²) < 4.78 is 41.3. The molecule has 1 heterocycles. The summed E-state index contributed by atoms with van der Waals surface area (Å²) in [4.78, 5) is 24.7. The Morgan fingerprint density at radius 1 is 1.33 bits per heavy atom. The Bertz CT molecular complexity index is 545. The smallest absolute Gasteiger partial charge is 0.446 e. The van der Waals surface area contributed by atoms with Gasteiger partial charge < -0.3 is 9.64 Å². The van der Waals surface area contributed by atoms with Crippen molar-refractivity contribution in [2.45, 2.75) is 16.8 Å². The average Bonchev–Trinajstić information content (AvgIpc) is 2.79. The van der Waals surface area contributed by atoms with Gasteiger partial charge in [0, 0.05) is 23.5 Å². The summed E-state index contributed by atoms with van der Waals surface area (Å²) in [6.07, 6.45) is 0.0473. The molecule has 8 heteroatoms. The van der Waals surface area contributed by atoms with Crippen molar-refractivity contribution >= 4 is 29.3 Å². The Morgan fingerprint density at radius 2 is 1.95 bits per heavy atom. The minimum absolute atomic E-state index is 0.0439.